The number of nitrogens with two attached hydrogens (primary N) is 1. The van der Waals surface area contributed by atoms with Crippen molar-refractivity contribution in [2.24, 2.45) is 5.84 Å². The van der Waals surface area contributed by atoms with Gasteiger partial charge in [-0.05, 0) is 14.0 Å². The Kier molecular flexibility index (Phi) is 3.92. The first-order valence-corrected chi connectivity index (χ1v) is 2.26. The Morgan fingerprint density at radius 1 is 1.71 bits per heavy atom. The standard InChI is InChI=1S/C3H12N4/c1-3-7(4)6-5-2/h5-6H,3-4H2,1-2H3. The van der Waals surface area contributed by atoms with Crippen LogP contribution in [0.25, 0.3) is 0 Å². The van der Waals surface area contributed by atoms with Crippen molar-refractivity contribution < 1.29 is 0 Å². The first-order chi connectivity index (χ1) is 3.31. The summed E-state index contributed by atoms with van der Waals surface area (Å²) in [6.07, 6.45) is 0. The Hall–Kier alpha value is -0.160. The molecule has 0 aliphatic carbocycles. The molecule has 0 spiro atoms. The number of hydrogen-bond donors (Lipinski definition) is 3. The van der Waals surface area contributed by atoms with Crippen molar-refractivity contribution in [2.45, 2.75) is 6.92 Å². The maximum absolute atomic E-state index is 5.24. The minimum Gasteiger partial charge on any atom is -0.254 e. The highest BCUT2D eigenvalue weighted by Crippen LogP contribution is 1.58. The van der Waals surface area contributed by atoms with Gasteiger partial charge in [-0.25, -0.2) is 5.43 Å². The molecule has 0 aromatic heterocycles. The van der Waals surface area contributed by atoms with E-state index in [1.165, 1.54) is 5.12 Å². The van der Waals surface area contributed by atoms with E-state index in [4.69, 9.17) is 5.84 Å². The predicted molar refractivity (Wildman–Crippen MR) is 28.8 cm³/mol. The molecule has 0 aromatic rings. The number of nitrogens with one attached hydrogen (secondary N) is 2. The van der Waals surface area contributed by atoms with Crippen LogP contribution < -0.4 is 16.8 Å². The van der Waals surface area contributed by atoms with Crippen LogP contribution >= 0.6 is 0 Å². The fourth-order valence-electron chi connectivity index (χ4n) is 0.223. The summed E-state index contributed by atoms with van der Waals surface area (Å²) in [7, 11) is 1.76. The highest BCUT2D eigenvalue weighted by atomic mass is 15.8. The zero-order chi connectivity index (χ0) is 5.70. The van der Waals surface area contributed by atoms with Crippen LogP contribution in [-0.4, -0.2) is 18.7 Å². The Morgan fingerprint density at radius 2 is 2.29 bits per heavy atom. The average Bonchev–Trinajstić information content (AvgIpc) is 1.68. The molecule has 4 N–H and O–H groups in total. The second-order valence-electron chi connectivity index (χ2n) is 1.15. The summed E-state index contributed by atoms with van der Waals surface area (Å²) in [6, 6.07) is 0. The van der Waals surface area contributed by atoms with Crippen LogP contribution in [0.2, 0.25) is 0 Å². The van der Waals surface area contributed by atoms with Gasteiger partial charge >= 0.3 is 0 Å². The summed E-state index contributed by atoms with van der Waals surface area (Å²) < 4.78 is 0. The third kappa shape index (κ3) is 3.68. The number of rotatable bonds is 3. The highest BCUT2D eigenvalue weighted by Gasteiger charge is 1.83. The molecule has 0 atom stereocenters. The monoisotopic (exact) mass is 104 g/mol. The molecule has 0 aromatic carbocycles. The van der Waals surface area contributed by atoms with Crippen molar-refractivity contribution >= 4 is 0 Å². The van der Waals surface area contributed by atoms with Crippen molar-refractivity contribution in [3.63, 3.8) is 0 Å². The summed E-state index contributed by atoms with van der Waals surface area (Å²) in [5.74, 6) is 5.24. The normalized spacial score (nSPS) is 10.3. The highest BCUT2D eigenvalue weighted by molar-refractivity contribution is 4.23. The van der Waals surface area contributed by atoms with E-state index in [1.807, 2.05) is 6.92 Å². The lowest BCUT2D eigenvalue weighted by molar-refractivity contribution is 0.173. The Balaban J connectivity index is 2.83. The van der Waals surface area contributed by atoms with Gasteiger partial charge in [0, 0.05) is 6.54 Å². The molecule has 0 saturated heterocycles. The molecule has 44 valence electrons. The molecule has 4 nitrogen and oxygen atoms in total. The van der Waals surface area contributed by atoms with Crippen LogP contribution in [0.3, 0.4) is 0 Å². The molecule has 0 radical (unpaired) electrons. The van der Waals surface area contributed by atoms with Gasteiger partial charge in [-0.2, -0.15) is 10.7 Å². The van der Waals surface area contributed by atoms with Crippen molar-refractivity contribution in [3.8, 4) is 0 Å². The van der Waals surface area contributed by atoms with Gasteiger partial charge in [-0.1, -0.05) is 0 Å². The van der Waals surface area contributed by atoms with Gasteiger partial charge in [0.15, 0.2) is 0 Å². The molecule has 0 saturated carbocycles. The second kappa shape index (κ2) is 4.01. The van der Waals surface area contributed by atoms with Gasteiger partial charge in [-0.3, -0.25) is 5.84 Å². The second-order valence-corrected chi connectivity index (χ2v) is 1.15. The zero-order valence-electron chi connectivity index (χ0n) is 4.73. The molecule has 0 rings (SSSR count). The van der Waals surface area contributed by atoms with Crippen molar-refractivity contribution in [2.75, 3.05) is 13.6 Å². The third-order valence-corrected chi connectivity index (χ3v) is 0.596. The lowest BCUT2D eigenvalue weighted by Gasteiger charge is -2.12. The maximum Gasteiger partial charge on any atom is 0.0271 e. The molecule has 0 aliphatic rings. The van der Waals surface area contributed by atoms with Crippen LogP contribution in [-0.2, 0) is 0 Å². The van der Waals surface area contributed by atoms with Crippen LogP contribution in [0.4, 0.5) is 0 Å². The van der Waals surface area contributed by atoms with Crippen LogP contribution in [0.5, 0.6) is 0 Å². The molecule has 0 amide bonds. The summed E-state index contributed by atoms with van der Waals surface area (Å²) in [6.45, 7) is 2.73. The lowest BCUT2D eigenvalue weighted by atomic mass is 10.8. The van der Waals surface area contributed by atoms with E-state index in [0.717, 1.165) is 6.54 Å². The van der Waals surface area contributed by atoms with Crippen LogP contribution in [0, 0.1) is 0 Å². The molecular weight excluding hydrogens is 92.1 g/mol. The fraction of sp³-hybridized carbons (Fsp3) is 1.00. The average molecular weight is 104 g/mol. The molecule has 0 heterocycles. The van der Waals surface area contributed by atoms with Crippen molar-refractivity contribution in [3.05, 3.63) is 0 Å². The van der Waals surface area contributed by atoms with E-state index in [2.05, 4.69) is 11.0 Å². The number of hydrazine groups is 3. The van der Waals surface area contributed by atoms with Gasteiger partial charge in [0.2, 0.25) is 0 Å². The van der Waals surface area contributed by atoms with E-state index in [9.17, 15) is 0 Å². The van der Waals surface area contributed by atoms with E-state index >= 15 is 0 Å². The van der Waals surface area contributed by atoms with Gasteiger partial charge in [0.05, 0.1) is 0 Å². The van der Waals surface area contributed by atoms with Gasteiger partial charge in [0.25, 0.3) is 0 Å². The largest absolute Gasteiger partial charge is 0.254 e. The summed E-state index contributed by atoms with van der Waals surface area (Å²) in [5.41, 5.74) is 5.33. The molecule has 0 aliphatic heterocycles. The Morgan fingerprint density at radius 3 is 2.43 bits per heavy atom. The Labute approximate surface area is 43.6 Å². The van der Waals surface area contributed by atoms with Crippen LogP contribution in [0.1, 0.15) is 6.92 Å². The molecule has 4 heteroatoms. The SMILES string of the molecule is CCN(N)NNC. The first-order valence-electron chi connectivity index (χ1n) is 2.26. The molecular formula is C3H12N4. The van der Waals surface area contributed by atoms with E-state index in [-0.39, 0.29) is 0 Å². The fourth-order valence-corrected chi connectivity index (χ4v) is 0.223. The third-order valence-electron chi connectivity index (χ3n) is 0.596. The van der Waals surface area contributed by atoms with E-state index in [0.29, 0.717) is 0 Å². The maximum atomic E-state index is 5.24. The summed E-state index contributed by atoms with van der Waals surface area (Å²) >= 11 is 0. The van der Waals surface area contributed by atoms with Crippen molar-refractivity contribution in [1.82, 2.24) is 16.1 Å². The van der Waals surface area contributed by atoms with Gasteiger partial charge < -0.3 is 0 Å². The number of nitrogens with zero attached hydrogens (tertiary/aromatic N) is 1. The smallest absolute Gasteiger partial charge is 0.0271 e. The summed E-state index contributed by atoms with van der Waals surface area (Å²) in [4.78, 5) is 0. The zero-order valence-corrected chi connectivity index (χ0v) is 4.73. The lowest BCUT2D eigenvalue weighted by Crippen LogP contribution is -2.49. The topological polar surface area (TPSA) is 53.3 Å². The predicted octanol–water partition coefficient (Wildman–Crippen LogP) is -1.18. The minimum absolute atomic E-state index is 0.779. The van der Waals surface area contributed by atoms with E-state index < -0.39 is 0 Å². The molecule has 0 fully saturated rings. The first kappa shape index (κ1) is 6.84. The van der Waals surface area contributed by atoms with Gasteiger partial charge in [-0.15, -0.1) is 0 Å². The molecule has 0 bridgehead atoms. The number of hydrogen-bond acceptors (Lipinski definition) is 4. The molecule has 7 heavy (non-hydrogen) atoms. The molecule has 0 unspecified atom stereocenters. The quantitative estimate of drug-likeness (QED) is 0.311. The van der Waals surface area contributed by atoms with Crippen LogP contribution in [0.15, 0.2) is 0 Å². The minimum atomic E-state index is 0.779. The summed E-state index contributed by atoms with van der Waals surface area (Å²) in [5, 5.41) is 1.44. The van der Waals surface area contributed by atoms with Crippen molar-refractivity contribution in [1.29, 1.82) is 0 Å². The van der Waals surface area contributed by atoms with E-state index in [1.54, 1.807) is 7.05 Å². The Bertz CT molecular complexity index is 37.9. The van der Waals surface area contributed by atoms with Gasteiger partial charge in [0.1, 0.15) is 0 Å².